The van der Waals surface area contributed by atoms with Crippen LogP contribution in [0.25, 0.3) is 38.8 Å². The summed E-state index contributed by atoms with van der Waals surface area (Å²) in [5, 5.41) is 1.80. The molecule has 0 fully saturated rings. The molecule has 4 nitrogen and oxygen atoms in total. The summed E-state index contributed by atoms with van der Waals surface area (Å²) in [4.78, 5) is 7.98. The first-order chi connectivity index (χ1) is 25.5. The van der Waals surface area contributed by atoms with Gasteiger partial charge in [0.05, 0.1) is 29.1 Å². The zero-order valence-electron chi connectivity index (χ0n) is 32.7. The Morgan fingerprint density at radius 3 is 2.08 bits per heavy atom. The molecule has 5 aromatic carbocycles. The quantitative estimate of drug-likeness (QED) is 0.181. The third-order valence-corrected chi connectivity index (χ3v) is 10.2. The average Bonchev–Trinajstić information content (AvgIpc) is 3.67. The number of fused-ring (bicyclic) bond motifs is 4. The van der Waals surface area contributed by atoms with Gasteiger partial charge in [-0.1, -0.05) is 87.0 Å². The lowest BCUT2D eigenvalue weighted by Gasteiger charge is -2.25. The highest BCUT2D eigenvalue weighted by molar-refractivity contribution is 6.09. The van der Waals surface area contributed by atoms with E-state index in [1.165, 1.54) is 17.0 Å². The van der Waals surface area contributed by atoms with Crippen molar-refractivity contribution in [2.45, 2.75) is 52.9 Å². The molecule has 0 aliphatic carbocycles. The number of nitrogens with zero attached hydrogens (tertiary/aromatic N) is 4. The number of benzene rings is 5. The normalized spacial score (nSPS) is 14.5. The van der Waals surface area contributed by atoms with E-state index in [1.807, 2.05) is 91.0 Å². The maximum absolute atomic E-state index is 17.4. The molecule has 0 unspecified atom stereocenters. The number of alkyl halides is 2. The van der Waals surface area contributed by atoms with E-state index in [0.29, 0.717) is 34.0 Å². The number of halogens is 2. The molecule has 0 radical (unpaired) electrons. The standard InChI is InChI=1S/C45H42F2N4/c1-28-20-29(2)43(30(3)21-28)31-22-34(24-35(23-31)50-27-49(7)39-14-10-11-15-40(39)50)45(46,47)32-16-18-37-36-12-8-9-13-38(36)51(41(37)25-32)42-19-17-33(26-48-42)44(4,5)6/h8-26H,27H2,1-7H3/i7D3. The van der Waals surface area contributed by atoms with Gasteiger partial charge in [-0.05, 0) is 103 Å². The van der Waals surface area contributed by atoms with E-state index in [1.54, 1.807) is 30.3 Å². The SMILES string of the molecule is [2H]C([2H])([2H])N1CN(c2cc(-c3c(C)cc(C)cc3C)cc(C(F)(F)c3ccc4c5ccccc5n(-c5ccc(C(C)(C)C)cn5)c4c3)c2)c2ccccc21. The Bertz CT molecular complexity index is 2560. The van der Waals surface area contributed by atoms with E-state index < -0.39 is 12.9 Å². The fourth-order valence-electron chi connectivity index (χ4n) is 7.70. The van der Waals surface area contributed by atoms with Crippen molar-refractivity contribution >= 4 is 38.9 Å². The molecule has 256 valence electrons. The second-order valence-corrected chi connectivity index (χ2v) is 14.8. The van der Waals surface area contributed by atoms with E-state index in [0.717, 1.165) is 44.1 Å². The largest absolute Gasteiger partial charge is 0.355 e. The predicted molar refractivity (Wildman–Crippen MR) is 208 cm³/mol. The second kappa shape index (κ2) is 11.8. The summed E-state index contributed by atoms with van der Waals surface area (Å²) >= 11 is 0. The fraction of sp³-hybridized carbons (Fsp3) is 0.222. The molecule has 0 atom stereocenters. The molecule has 1 aliphatic rings. The molecule has 0 saturated carbocycles. The topological polar surface area (TPSA) is 24.3 Å². The number of aryl methyl sites for hydroxylation is 3. The minimum Gasteiger partial charge on any atom is -0.355 e. The van der Waals surface area contributed by atoms with Crippen LogP contribution in [0.15, 0.2) is 115 Å². The van der Waals surface area contributed by atoms with Gasteiger partial charge in [0.2, 0.25) is 0 Å². The summed E-state index contributed by atoms with van der Waals surface area (Å²) in [6.45, 7) is 9.98. The molecule has 6 heteroatoms. The number of pyridine rings is 1. The average molecular weight is 680 g/mol. The van der Waals surface area contributed by atoms with E-state index in [2.05, 4.69) is 32.9 Å². The Morgan fingerprint density at radius 2 is 1.37 bits per heavy atom. The lowest BCUT2D eigenvalue weighted by molar-refractivity contribution is 0.0430. The first-order valence-corrected chi connectivity index (χ1v) is 17.3. The van der Waals surface area contributed by atoms with Crippen molar-refractivity contribution in [1.29, 1.82) is 0 Å². The summed E-state index contributed by atoms with van der Waals surface area (Å²) in [7, 11) is 0. The summed E-state index contributed by atoms with van der Waals surface area (Å²) in [5.74, 6) is -2.78. The molecule has 0 saturated heterocycles. The van der Waals surface area contributed by atoms with Gasteiger partial charge in [-0.3, -0.25) is 4.57 Å². The highest BCUT2D eigenvalue weighted by atomic mass is 19.3. The third-order valence-electron chi connectivity index (χ3n) is 10.2. The third kappa shape index (κ3) is 5.45. The molecule has 0 bridgehead atoms. The molecule has 7 aromatic rings. The molecule has 8 rings (SSSR count). The van der Waals surface area contributed by atoms with Gasteiger partial charge in [-0.25, -0.2) is 4.98 Å². The second-order valence-electron chi connectivity index (χ2n) is 14.8. The van der Waals surface area contributed by atoms with Crippen molar-refractivity contribution in [2.75, 3.05) is 23.4 Å². The van der Waals surface area contributed by atoms with Gasteiger partial charge in [-0.2, -0.15) is 8.78 Å². The minimum absolute atomic E-state index is 0.0107. The van der Waals surface area contributed by atoms with E-state index in [4.69, 9.17) is 9.10 Å². The van der Waals surface area contributed by atoms with Gasteiger partial charge in [0, 0.05) is 44.9 Å². The van der Waals surface area contributed by atoms with Gasteiger partial charge in [0.25, 0.3) is 5.92 Å². The van der Waals surface area contributed by atoms with Gasteiger partial charge < -0.3 is 9.80 Å². The van der Waals surface area contributed by atoms with Gasteiger partial charge in [0.15, 0.2) is 0 Å². The zero-order chi connectivity index (χ0) is 38.3. The van der Waals surface area contributed by atoms with E-state index >= 15 is 8.78 Å². The van der Waals surface area contributed by atoms with Crippen LogP contribution in [-0.2, 0) is 11.3 Å². The Kier molecular flexibility index (Phi) is 6.77. The summed E-state index contributed by atoms with van der Waals surface area (Å²) in [6.07, 6.45) is 1.86. The Balaban J connectivity index is 1.33. The lowest BCUT2D eigenvalue weighted by atomic mass is 9.88. The van der Waals surface area contributed by atoms with Crippen LogP contribution in [0.3, 0.4) is 0 Å². The summed E-state index contributed by atoms with van der Waals surface area (Å²) in [5.41, 5.74) is 8.37. The van der Waals surface area contributed by atoms with Gasteiger partial charge in [0.1, 0.15) is 5.82 Å². The molecule has 0 N–H and O–H groups in total. The van der Waals surface area contributed by atoms with E-state index in [-0.39, 0.29) is 23.2 Å². The van der Waals surface area contributed by atoms with Crippen LogP contribution in [0.5, 0.6) is 0 Å². The van der Waals surface area contributed by atoms with Crippen LogP contribution < -0.4 is 9.80 Å². The van der Waals surface area contributed by atoms with Crippen molar-refractivity contribution < 1.29 is 12.9 Å². The van der Waals surface area contributed by atoms with Crippen molar-refractivity contribution in [1.82, 2.24) is 9.55 Å². The molecule has 1 aliphatic heterocycles. The van der Waals surface area contributed by atoms with Crippen molar-refractivity contribution in [3.8, 4) is 16.9 Å². The van der Waals surface area contributed by atoms with Crippen LogP contribution in [-0.4, -0.2) is 23.2 Å². The number of para-hydroxylation sites is 3. The molecule has 0 amide bonds. The smallest absolute Gasteiger partial charge is 0.298 e. The van der Waals surface area contributed by atoms with Gasteiger partial charge in [-0.15, -0.1) is 0 Å². The van der Waals surface area contributed by atoms with Crippen LogP contribution in [0.1, 0.15) is 58.3 Å². The number of aromatic nitrogens is 2. The molecular weight excluding hydrogens is 635 g/mol. The summed E-state index contributed by atoms with van der Waals surface area (Å²) in [6, 6.07) is 33.1. The maximum atomic E-state index is 17.4. The number of anilines is 3. The highest BCUT2D eigenvalue weighted by Crippen LogP contribution is 2.46. The van der Waals surface area contributed by atoms with Crippen LogP contribution in [0.4, 0.5) is 25.8 Å². The first-order valence-electron chi connectivity index (χ1n) is 18.8. The molecule has 2 aromatic heterocycles. The van der Waals surface area contributed by atoms with Crippen molar-refractivity contribution in [3.63, 3.8) is 0 Å². The van der Waals surface area contributed by atoms with Crippen molar-refractivity contribution in [2.24, 2.45) is 0 Å². The fourth-order valence-corrected chi connectivity index (χ4v) is 7.70. The molecule has 0 spiro atoms. The Labute approximate surface area is 302 Å². The van der Waals surface area contributed by atoms with Crippen LogP contribution in [0, 0.1) is 20.8 Å². The molecular formula is C45H42F2N4. The van der Waals surface area contributed by atoms with Crippen molar-refractivity contribution in [3.05, 3.63) is 149 Å². The molecule has 3 heterocycles. The lowest BCUT2D eigenvalue weighted by Crippen LogP contribution is -2.24. The Hall–Kier alpha value is -5.49. The maximum Gasteiger partial charge on any atom is 0.298 e. The Morgan fingerprint density at radius 1 is 0.686 bits per heavy atom. The number of rotatable bonds is 5. The number of hydrogen-bond acceptors (Lipinski definition) is 3. The van der Waals surface area contributed by atoms with Gasteiger partial charge >= 0.3 is 0 Å². The predicted octanol–water partition coefficient (Wildman–Crippen LogP) is 11.8. The molecule has 51 heavy (non-hydrogen) atoms. The van der Waals surface area contributed by atoms with E-state index in [9.17, 15) is 0 Å². The number of hydrogen-bond donors (Lipinski definition) is 0. The van der Waals surface area contributed by atoms with Crippen LogP contribution >= 0.6 is 0 Å². The highest BCUT2D eigenvalue weighted by Gasteiger charge is 2.37. The minimum atomic E-state index is -3.43. The summed E-state index contributed by atoms with van der Waals surface area (Å²) < 4.78 is 61.6. The monoisotopic (exact) mass is 679 g/mol. The van der Waals surface area contributed by atoms with Crippen LogP contribution in [0.2, 0.25) is 0 Å². The zero-order valence-corrected chi connectivity index (χ0v) is 29.7. The first kappa shape index (κ1) is 29.3.